The number of H-pyrrole nitrogens is 1. The second-order valence-electron chi connectivity index (χ2n) is 4.80. The highest BCUT2D eigenvalue weighted by Gasteiger charge is 2.42. The Labute approximate surface area is 137 Å². The van der Waals surface area contributed by atoms with E-state index < -0.39 is 43.6 Å². The first-order chi connectivity index (χ1) is 10.6. The highest BCUT2D eigenvalue weighted by molar-refractivity contribution is 9.10. The smallest absolute Gasteiger partial charge is 0.390 e. The normalized spacial score (nSPS) is 26.2. The summed E-state index contributed by atoms with van der Waals surface area (Å²) in [6, 6.07) is 0. The van der Waals surface area contributed by atoms with Gasteiger partial charge in [0.05, 0.1) is 10.6 Å². The van der Waals surface area contributed by atoms with Crippen LogP contribution in [0.4, 0.5) is 0 Å². The SMILES string of the molecule is C=CC(OP(=O)(O)O)[C@H]1O[C@@H](n2cc(Br)c(=O)[nH]c2=O)C[C@@H]1O. The zero-order chi connectivity index (χ0) is 17.4. The van der Waals surface area contributed by atoms with E-state index in [0.717, 1.165) is 10.6 Å². The van der Waals surface area contributed by atoms with Crippen molar-refractivity contribution in [1.82, 2.24) is 9.55 Å². The molecule has 10 nitrogen and oxygen atoms in total. The number of hydrogen-bond donors (Lipinski definition) is 4. The van der Waals surface area contributed by atoms with Crippen LogP contribution in [-0.4, -0.2) is 42.8 Å². The van der Waals surface area contributed by atoms with E-state index in [1.165, 1.54) is 6.20 Å². The average molecular weight is 413 g/mol. The number of rotatable bonds is 5. The van der Waals surface area contributed by atoms with Gasteiger partial charge in [-0.05, 0) is 15.9 Å². The number of ether oxygens (including phenoxy) is 1. The van der Waals surface area contributed by atoms with Crippen LogP contribution >= 0.6 is 23.8 Å². The lowest BCUT2D eigenvalue weighted by atomic mass is 10.1. The molecule has 0 bridgehead atoms. The largest absolute Gasteiger partial charge is 0.470 e. The van der Waals surface area contributed by atoms with Crippen molar-refractivity contribution in [2.24, 2.45) is 0 Å². The number of aromatic nitrogens is 2. The third kappa shape index (κ3) is 4.27. The Hall–Kier alpha value is -1.07. The van der Waals surface area contributed by atoms with Crippen molar-refractivity contribution in [3.8, 4) is 0 Å². The van der Waals surface area contributed by atoms with E-state index in [0.29, 0.717) is 0 Å². The van der Waals surface area contributed by atoms with Gasteiger partial charge in [0.25, 0.3) is 5.56 Å². The molecule has 0 radical (unpaired) electrons. The summed E-state index contributed by atoms with van der Waals surface area (Å²) in [6.45, 7) is 3.38. The topological polar surface area (TPSA) is 151 Å². The van der Waals surface area contributed by atoms with Crippen LogP contribution in [0.5, 0.6) is 0 Å². The molecule has 4 N–H and O–H groups in total. The zero-order valence-corrected chi connectivity index (χ0v) is 14.0. The Morgan fingerprint density at radius 1 is 1.57 bits per heavy atom. The van der Waals surface area contributed by atoms with Crippen molar-refractivity contribution in [2.75, 3.05) is 0 Å². The van der Waals surface area contributed by atoms with Gasteiger partial charge in [0.1, 0.15) is 18.4 Å². The number of hydrogen-bond acceptors (Lipinski definition) is 6. The zero-order valence-electron chi connectivity index (χ0n) is 11.5. The van der Waals surface area contributed by atoms with Crippen LogP contribution in [0.2, 0.25) is 0 Å². The Bertz CT molecular complexity index is 755. The minimum absolute atomic E-state index is 0.0437. The van der Waals surface area contributed by atoms with E-state index in [-0.39, 0.29) is 10.9 Å². The molecule has 23 heavy (non-hydrogen) atoms. The monoisotopic (exact) mass is 412 g/mol. The number of phosphoric acid groups is 1. The molecule has 1 fully saturated rings. The number of phosphoric ester groups is 1. The predicted molar refractivity (Wildman–Crippen MR) is 80.7 cm³/mol. The van der Waals surface area contributed by atoms with Crippen molar-refractivity contribution in [1.29, 1.82) is 0 Å². The van der Waals surface area contributed by atoms with Gasteiger partial charge in [0.2, 0.25) is 0 Å². The van der Waals surface area contributed by atoms with Crippen molar-refractivity contribution in [3.63, 3.8) is 0 Å². The molecule has 4 atom stereocenters. The maximum atomic E-state index is 11.8. The fraction of sp³-hybridized carbons (Fsp3) is 0.455. The average Bonchev–Trinajstić information content (AvgIpc) is 2.81. The number of nitrogens with one attached hydrogen (secondary N) is 1. The summed E-state index contributed by atoms with van der Waals surface area (Å²) in [5, 5.41) is 10.0. The third-order valence-electron chi connectivity index (χ3n) is 3.19. The van der Waals surface area contributed by atoms with Crippen LogP contribution in [0.15, 0.2) is 32.9 Å². The number of aromatic amines is 1. The Morgan fingerprint density at radius 3 is 2.78 bits per heavy atom. The molecule has 12 heteroatoms. The van der Waals surface area contributed by atoms with Crippen molar-refractivity contribution >= 4 is 23.8 Å². The highest BCUT2D eigenvalue weighted by Crippen LogP contribution is 2.41. The highest BCUT2D eigenvalue weighted by atomic mass is 79.9. The van der Waals surface area contributed by atoms with Gasteiger partial charge in [-0.3, -0.25) is 18.9 Å². The van der Waals surface area contributed by atoms with Crippen LogP contribution in [-0.2, 0) is 13.8 Å². The van der Waals surface area contributed by atoms with Gasteiger partial charge in [-0.15, -0.1) is 6.58 Å². The van der Waals surface area contributed by atoms with E-state index in [1.807, 2.05) is 0 Å². The third-order valence-corrected chi connectivity index (χ3v) is 4.27. The van der Waals surface area contributed by atoms with E-state index in [2.05, 4.69) is 32.0 Å². The molecule has 1 saturated heterocycles. The van der Waals surface area contributed by atoms with Gasteiger partial charge in [0, 0.05) is 12.6 Å². The maximum Gasteiger partial charge on any atom is 0.470 e. The van der Waals surface area contributed by atoms with Gasteiger partial charge in [-0.25, -0.2) is 9.36 Å². The summed E-state index contributed by atoms with van der Waals surface area (Å²) < 4.78 is 22.0. The van der Waals surface area contributed by atoms with Crippen molar-refractivity contribution < 1.29 is 28.7 Å². The molecule has 1 aliphatic rings. The number of nitrogens with zero attached hydrogens (tertiary/aromatic N) is 1. The van der Waals surface area contributed by atoms with E-state index in [9.17, 15) is 19.3 Å². The minimum Gasteiger partial charge on any atom is -0.390 e. The molecule has 128 valence electrons. The summed E-state index contributed by atoms with van der Waals surface area (Å²) in [7, 11) is -4.82. The Morgan fingerprint density at radius 2 is 2.22 bits per heavy atom. The molecule has 1 aliphatic heterocycles. The van der Waals surface area contributed by atoms with E-state index in [4.69, 9.17) is 14.5 Å². The molecule has 0 saturated carbocycles. The lowest BCUT2D eigenvalue weighted by molar-refractivity contribution is -0.0665. The molecule has 1 unspecified atom stereocenters. The molecule has 2 heterocycles. The fourth-order valence-corrected chi connectivity index (χ4v) is 3.06. The molecule has 0 aliphatic carbocycles. The first kappa shape index (κ1) is 18.3. The van der Waals surface area contributed by atoms with Crippen molar-refractivity contribution in [2.45, 2.75) is 31.0 Å². The molecular weight excluding hydrogens is 399 g/mol. The van der Waals surface area contributed by atoms with Gasteiger partial charge in [-0.1, -0.05) is 6.08 Å². The number of aliphatic hydroxyl groups excluding tert-OH is 1. The van der Waals surface area contributed by atoms with Crippen LogP contribution < -0.4 is 11.2 Å². The molecule has 2 rings (SSSR count). The summed E-state index contributed by atoms with van der Waals surface area (Å²) in [4.78, 5) is 42.9. The van der Waals surface area contributed by atoms with E-state index >= 15 is 0 Å². The quantitative estimate of drug-likeness (QED) is 0.377. The summed E-state index contributed by atoms with van der Waals surface area (Å²) in [6.07, 6.45) is -2.28. The lowest BCUT2D eigenvalue weighted by Crippen LogP contribution is -2.35. The van der Waals surface area contributed by atoms with Gasteiger partial charge >= 0.3 is 13.5 Å². The Kier molecular flexibility index (Phi) is 5.41. The number of aliphatic hydroxyl groups is 1. The molecular formula is C11H14BrN2O8P. The number of halogens is 1. The molecule has 1 aromatic heterocycles. The predicted octanol–water partition coefficient (Wildman–Crippen LogP) is -0.389. The molecule has 0 aromatic carbocycles. The van der Waals surface area contributed by atoms with Gasteiger partial charge in [-0.2, -0.15) is 0 Å². The first-order valence-electron chi connectivity index (χ1n) is 6.33. The fourth-order valence-electron chi connectivity index (χ4n) is 2.21. The molecule has 0 spiro atoms. The molecule has 0 amide bonds. The van der Waals surface area contributed by atoms with Gasteiger partial charge in [0.15, 0.2) is 0 Å². The van der Waals surface area contributed by atoms with Crippen LogP contribution in [0.3, 0.4) is 0 Å². The van der Waals surface area contributed by atoms with Crippen LogP contribution in [0.1, 0.15) is 12.6 Å². The molecule has 1 aromatic rings. The van der Waals surface area contributed by atoms with Crippen LogP contribution in [0.25, 0.3) is 0 Å². The van der Waals surface area contributed by atoms with Crippen molar-refractivity contribution in [3.05, 3.63) is 44.2 Å². The summed E-state index contributed by atoms with van der Waals surface area (Å²) >= 11 is 2.97. The van der Waals surface area contributed by atoms with Crippen LogP contribution in [0, 0.1) is 0 Å². The van der Waals surface area contributed by atoms with E-state index in [1.54, 1.807) is 0 Å². The second-order valence-corrected chi connectivity index (χ2v) is 6.84. The minimum atomic E-state index is -4.82. The standard InChI is InChI=1S/C11H14BrN2O8P/c1-2-7(22-23(18,19)20)9-6(15)3-8(21-9)14-4-5(12)10(16)13-11(14)17/h2,4,6-9,15H,1,3H2,(H,13,16,17)(H2,18,19,20)/t6-,7?,8+,9-/m0/s1. The first-order valence-corrected chi connectivity index (χ1v) is 8.65. The maximum absolute atomic E-state index is 11.8. The lowest BCUT2D eigenvalue weighted by Gasteiger charge is -2.23. The summed E-state index contributed by atoms with van der Waals surface area (Å²) in [5.41, 5.74) is -1.36. The van der Waals surface area contributed by atoms with Gasteiger partial charge < -0.3 is 19.6 Å². The summed E-state index contributed by atoms with van der Waals surface area (Å²) in [5.74, 6) is 0. The Balaban J connectivity index is 2.26. The second kappa shape index (κ2) is 6.81.